The number of para-hydroxylation sites is 1. The molecule has 0 aliphatic carbocycles. The van der Waals surface area contributed by atoms with Gasteiger partial charge in [-0.25, -0.2) is 0 Å². The Morgan fingerprint density at radius 1 is 0.842 bits per heavy atom. The first-order chi connectivity index (χ1) is 9.42. The number of piperidine rings is 1. The summed E-state index contributed by atoms with van der Waals surface area (Å²) in [5, 5.41) is 3.56. The molecule has 0 saturated carbocycles. The second-order valence-electron chi connectivity index (χ2n) is 4.99. The number of rotatable bonds is 3. The Balaban J connectivity index is 1.68. The van der Waals surface area contributed by atoms with Crippen LogP contribution in [0, 0.1) is 0 Å². The first-order valence-corrected chi connectivity index (χ1v) is 6.98. The van der Waals surface area contributed by atoms with E-state index in [1.807, 2.05) is 30.3 Å². The van der Waals surface area contributed by atoms with E-state index in [0.29, 0.717) is 6.04 Å². The highest BCUT2D eigenvalue weighted by Gasteiger charge is 2.14. The first-order valence-electron chi connectivity index (χ1n) is 6.98. The molecule has 2 aromatic rings. The van der Waals surface area contributed by atoms with Crippen molar-refractivity contribution in [3.63, 3.8) is 0 Å². The fourth-order valence-corrected chi connectivity index (χ4v) is 2.53. The van der Waals surface area contributed by atoms with Gasteiger partial charge in [0.1, 0.15) is 11.5 Å². The van der Waals surface area contributed by atoms with Crippen LogP contribution in [-0.4, -0.2) is 6.54 Å². The summed E-state index contributed by atoms with van der Waals surface area (Å²) in [5.41, 5.74) is 1.36. The molecular formula is C17H19NO. The summed E-state index contributed by atoms with van der Waals surface area (Å²) >= 11 is 0. The average Bonchev–Trinajstić information content (AvgIpc) is 2.50. The lowest BCUT2D eigenvalue weighted by molar-refractivity contribution is 0.411. The minimum atomic E-state index is 0.513. The van der Waals surface area contributed by atoms with Gasteiger partial charge in [0, 0.05) is 6.04 Å². The molecule has 1 aliphatic heterocycles. The second-order valence-corrected chi connectivity index (χ2v) is 4.99. The lowest BCUT2D eigenvalue weighted by Crippen LogP contribution is -2.26. The quantitative estimate of drug-likeness (QED) is 0.880. The molecule has 0 unspecified atom stereocenters. The molecule has 2 nitrogen and oxygen atoms in total. The van der Waals surface area contributed by atoms with Crippen LogP contribution in [0.25, 0.3) is 0 Å². The molecule has 1 saturated heterocycles. The Morgan fingerprint density at radius 3 is 2.26 bits per heavy atom. The number of hydrogen-bond acceptors (Lipinski definition) is 2. The van der Waals surface area contributed by atoms with E-state index in [2.05, 4.69) is 29.6 Å². The number of hydrogen-bond donors (Lipinski definition) is 1. The molecule has 2 heteroatoms. The van der Waals surface area contributed by atoms with Crippen molar-refractivity contribution >= 4 is 0 Å². The van der Waals surface area contributed by atoms with E-state index in [1.165, 1.54) is 24.8 Å². The Morgan fingerprint density at radius 2 is 1.58 bits per heavy atom. The lowest BCUT2D eigenvalue weighted by Gasteiger charge is -2.23. The van der Waals surface area contributed by atoms with Gasteiger partial charge < -0.3 is 10.1 Å². The van der Waals surface area contributed by atoms with Gasteiger partial charge in [0.05, 0.1) is 0 Å². The van der Waals surface area contributed by atoms with Gasteiger partial charge in [-0.05, 0) is 49.2 Å². The van der Waals surface area contributed by atoms with Gasteiger partial charge in [-0.3, -0.25) is 0 Å². The fourth-order valence-electron chi connectivity index (χ4n) is 2.53. The molecule has 0 aromatic heterocycles. The van der Waals surface area contributed by atoms with Crippen molar-refractivity contribution in [1.29, 1.82) is 0 Å². The molecule has 0 bridgehead atoms. The molecule has 2 aromatic carbocycles. The molecule has 0 amide bonds. The Labute approximate surface area is 114 Å². The van der Waals surface area contributed by atoms with E-state index in [0.717, 1.165) is 18.0 Å². The molecule has 0 radical (unpaired) electrons. The van der Waals surface area contributed by atoms with Crippen molar-refractivity contribution in [3.8, 4) is 11.5 Å². The third kappa shape index (κ3) is 3.15. The highest BCUT2D eigenvalue weighted by Crippen LogP contribution is 2.26. The zero-order valence-corrected chi connectivity index (χ0v) is 11.0. The molecule has 1 fully saturated rings. The van der Waals surface area contributed by atoms with Crippen molar-refractivity contribution in [2.75, 3.05) is 6.54 Å². The molecule has 1 N–H and O–H groups in total. The predicted molar refractivity (Wildman–Crippen MR) is 77.6 cm³/mol. The van der Waals surface area contributed by atoms with Crippen LogP contribution in [0.3, 0.4) is 0 Å². The molecule has 98 valence electrons. The van der Waals surface area contributed by atoms with Gasteiger partial charge in [-0.1, -0.05) is 36.8 Å². The van der Waals surface area contributed by atoms with Crippen LogP contribution in [0.4, 0.5) is 0 Å². The lowest BCUT2D eigenvalue weighted by atomic mass is 9.98. The third-order valence-corrected chi connectivity index (χ3v) is 3.57. The molecule has 1 atom stereocenters. The monoisotopic (exact) mass is 253 g/mol. The van der Waals surface area contributed by atoms with Gasteiger partial charge in [-0.15, -0.1) is 0 Å². The normalized spacial score (nSPS) is 19.1. The summed E-state index contributed by atoms with van der Waals surface area (Å²) in [6.07, 6.45) is 3.85. The predicted octanol–water partition coefficient (Wildman–Crippen LogP) is 4.29. The van der Waals surface area contributed by atoms with Crippen molar-refractivity contribution in [1.82, 2.24) is 5.32 Å². The number of nitrogens with one attached hydrogen (secondary N) is 1. The molecular weight excluding hydrogens is 234 g/mol. The summed E-state index contributed by atoms with van der Waals surface area (Å²) < 4.78 is 5.80. The van der Waals surface area contributed by atoms with E-state index >= 15 is 0 Å². The Hall–Kier alpha value is -1.80. The molecule has 19 heavy (non-hydrogen) atoms. The average molecular weight is 253 g/mol. The topological polar surface area (TPSA) is 21.3 Å². The van der Waals surface area contributed by atoms with Gasteiger partial charge in [0.15, 0.2) is 0 Å². The summed E-state index contributed by atoms with van der Waals surface area (Å²) in [6, 6.07) is 18.8. The van der Waals surface area contributed by atoms with Crippen LogP contribution >= 0.6 is 0 Å². The number of ether oxygens (including phenoxy) is 1. The van der Waals surface area contributed by atoms with Gasteiger partial charge >= 0.3 is 0 Å². The summed E-state index contributed by atoms with van der Waals surface area (Å²) in [6.45, 7) is 1.13. The zero-order valence-electron chi connectivity index (χ0n) is 11.0. The maximum absolute atomic E-state index is 5.80. The first kappa shape index (κ1) is 12.2. The van der Waals surface area contributed by atoms with Crippen LogP contribution in [0.5, 0.6) is 11.5 Å². The van der Waals surface area contributed by atoms with E-state index in [-0.39, 0.29) is 0 Å². The van der Waals surface area contributed by atoms with Gasteiger partial charge in [0.2, 0.25) is 0 Å². The zero-order chi connectivity index (χ0) is 12.9. The van der Waals surface area contributed by atoms with Crippen LogP contribution < -0.4 is 10.1 Å². The second kappa shape index (κ2) is 5.89. The van der Waals surface area contributed by atoms with Crippen molar-refractivity contribution in [3.05, 3.63) is 60.2 Å². The van der Waals surface area contributed by atoms with E-state index in [9.17, 15) is 0 Å². The Bertz CT molecular complexity index is 501. The maximum Gasteiger partial charge on any atom is 0.127 e. The summed E-state index contributed by atoms with van der Waals surface area (Å²) in [4.78, 5) is 0. The molecule has 3 rings (SSSR count). The van der Waals surface area contributed by atoms with Gasteiger partial charge in [-0.2, -0.15) is 0 Å². The van der Waals surface area contributed by atoms with Crippen LogP contribution in [-0.2, 0) is 0 Å². The third-order valence-electron chi connectivity index (χ3n) is 3.57. The van der Waals surface area contributed by atoms with Gasteiger partial charge in [0.25, 0.3) is 0 Å². The highest BCUT2D eigenvalue weighted by molar-refractivity contribution is 5.34. The minimum absolute atomic E-state index is 0.513. The van der Waals surface area contributed by atoms with E-state index in [1.54, 1.807) is 0 Å². The summed E-state index contributed by atoms with van der Waals surface area (Å²) in [7, 11) is 0. The molecule has 0 spiro atoms. The maximum atomic E-state index is 5.80. The summed E-state index contributed by atoms with van der Waals surface area (Å²) in [5.74, 6) is 1.77. The molecule has 1 heterocycles. The standard InChI is InChI=1S/C17H19NO/c1-2-6-15(7-3-1)19-16-11-9-14(10-12-16)17-8-4-5-13-18-17/h1-3,6-7,9-12,17-18H,4-5,8,13H2/t17-/m1/s1. The van der Waals surface area contributed by atoms with Crippen molar-refractivity contribution in [2.24, 2.45) is 0 Å². The van der Waals surface area contributed by atoms with Crippen LogP contribution in [0.1, 0.15) is 30.9 Å². The Kier molecular flexibility index (Phi) is 3.80. The number of benzene rings is 2. The van der Waals surface area contributed by atoms with Crippen molar-refractivity contribution in [2.45, 2.75) is 25.3 Å². The SMILES string of the molecule is c1ccc(Oc2ccc([C@H]3CCCCN3)cc2)cc1. The highest BCUT2D eigenvalue weighted by atomic mass is 16.5. The molecule has 1 aliphatic rings. The smallest absolute Gasteiger partial charge is 0.127 e. The van der Waals surface area contributed by atoms with Crippen LogP contribution in [0.2, 0.25) is 0 Å². The van der Waals surface area contributed by atoms with Crippen molar-refractivity contribution < 1.29 is 4.74 Å². The minimum Gasteiger partial charge on any atom is -0.457 e. The van der Waals surface area contributed by atoms with E-state index in [4.69, 9.17) is 4.74 Å². The van der Waals surface area contributed by atoms with Crippen LogP contribution in [0.15, 0.2) is 54.6 Å². The fraction of sp³-hybridized carbons (Fsp3) is 0.294. The van der Waals surface area contributed by atoms with E-state index < -0.39 is 0 Å². The largest absolute Gasteiger partial charge is 0.457 e.